The van der Waals surface area contributed by atoms with Crippen molar-refractivity contribution < 1.29 is 18.9 Å². The highest BCUT2D eigenvalue weighted by Gasteiger charge is 2.49. The van der Waals surface area contributed by atoms with Gasteiger partial charge in [-0.1, -0.05) is 72.8 Å². The minimum atomic E-state index is -0.603. The minimum absolute atomic E-state index is 0.171. The van der Waals surface area contributed by atoms with E-state index in [0.29, 0.717) is 13.2 Å². The SMILES string of the molecule is Cc1ccc(C2(c3ccc(C)cc3OCC3CO3)c3ccccc3-c3ccccc32)c(OCC2CO2)c1. The summed E-state index contributed by atoms with van der Waals surface area (Å²) in [4.78, 5) is 0. The molecule has 2 aliphatic heterocycles. The summed E-state index contributed by atoms with van der Waals surface area (Å²) in [5.41, 5.74) is 8.92. The Labute approximate surface area is 217 Å². The molecule has 4 aromatic rings. The van der Waals surface area contributed by atoms with Crippen molar-refractivity contribution in [2.75, 3.05) is 26.4 Å². The maximum absolute atomic E-state index is 6.52. The number of fused-ring (bicyclic) bond motifs is 3. The fourth-order valence-electron chi connectivity index (χ4n) is 5.77. The number of aryl methyl sites for hydroxylation is 2. The highest BCUT2D eigenvalue weighted by Crippen LogP contribution is 2.59. The topological polar surface area (TPSA) is 43.5 Å². The van der Waals surface area contributed by atoms with E-state index in [1.54, 1.807) is 0 Å². The lowest BCUT2D eigenvalue weighted by Gasteiger charge is -2.36. The summed E-state index contributed by atoms with van der Waals surface area (Å²) in [7, 11) is 0. The zero-order valence-electron chi connectivity index (χ0n) is 21.2. The third-order valence-corrected chi connectivity index (χ3v) is 7.69. The molecule has 4 aromatic carbocycles. The number of epoxide rings is 2. The van der Waals surface area contributed by atoms with Gasteiger partial charge in [-0.05, 0) is 59.4 Å². The molecule has 2 unspecified atom stereocenters. The molecule has 0 amide bonds. The van der Waals surface area contributed by atoms with Crippen LogP contribution >= 0.6 is 0 Å². The van der Waals surface area contributed by atoms with Crippen LogP contribution in [-0.2, 0) is 14.9 Å². The zero-order valence-corrected chi connectivity index (χ0v) is 21.2. The van der Waals surface area contributed by atoms with Crippen LogP contribution in [0.15, 0.2) is 84.9 Å². The highest BCUT2D eigenvalue weighted by atomic mass is 16.6. The first-order valence-electron chi connectivity index (χ1n) is 13.0. The Morgan fingerprint density at radius 2 is 1.05 bits per heavy atom. The molecule has 3 aliphatic rings. The van der Waals surface area contributed by atoms with Crippen LogP contribution in [0.4, 0.5) is 0 Å². The van der Waals surface area contributed by atoms with E-state index in [1.165, 1.54) is 22.3 Å². The third kappa shape index (κ3) is 3.83. The lowest BCUT2D eigenvalue weighted by molar-refractivity contribution is 0.256. The molecule has 0 saturated carbocycles. The summed E-state index contributed by atoms with van der Waals surface area (Å²) in [5, 5.41) is 0. The largest absolute Gasteiger partial charge is 0.490 e. The molecule has 0 radical (unpaired) electrons. The number of benzene rings is 4. The van der Waals surface area contributed by atoms with Crippen LogP contribution in [0, 0.1) is 13.8 Å². The second kappa shape index (κ2) is 8.76. The molecule has 2 atom stereocenters. The lowest BCUT2D eigenvalue weighted by atomic mass is 9.66. The monoisotopic (exact) mass is 490 g/mol. The molecule has 4 heteroatoms. The first-order chi connectivity index (χ1) is 18.1. The van der Waals surface area contributed by atoms with Gasteiger partial charge >= 0.3 is 0 Å². The zero-order chi connectivity index (χ0) is 25.0. The van der Waals surface area contributed by atoms with Crippen LogP contribution in [0.3, 0.4) is 0 Å². The van der Waals surface area contributed by atoms with Crippen LogP contribution in [-0.4, -0.2) is 38.6 Å². The molecule has 37 heavy (non-hydrogen) atoms. The number of hydrogen-bond acceptors (Lipinski definition) is 4. The minimum Gasteiger partial charge on any atom is -0.490 e. The standard InChI is InChI=1S/C33H30O4/c1-21-11-13-29(31(15-21)36-19-23-17-34-23)33(30-14-12-22(2)16-32(30)37-20-24-18-35-24)27-9-5-3-7-25(27)26-8-4-6-10-28(26)33/h3-16,23-24H,17-20H2,1-2H3. The van der Waals surface area contributed by atoms with Crippen LogP contribution in [0.5, 0.6) is 11.5 Å². The average Bonchev–Trinajstić information content (AvgIpc) is 3.85. The summed E-state index contributed by atoms with van der Waals surface area (Å²) < 4.78 is 24.0. The Morgan fingerprint density at radius 1 is 0.622 bits per heavy atom. The van der Waals surface area contributed by atoms with Crippen LogP contribution in [0.25, 0.3) is 11.1 Å². The van der Waals surface area contributed by atoms with Crippen LogP contribution < -0.4 is 9.47 Å². The Hall–Kier alpha value is -3.60. The van der Waals surface area contributed by atoms with Crippen molar-refractivity contribution in [2.24, 2.45) is 0 Å². The number of rotatable bonds is 8. The van der Waals surface area contributed by atoms with Gasteiger partial charge in [0, 0.05) is 11.1 Å². The van der Waals surface area contributed by atoms with Crippen molar-refractivity contribution in [3.63, 3.8) is 0 Å². The Kier molecular flexibility index (Phi) is 5.35. The van der Waals surface area contributed by atoms with E-state index in [4.69, 9.17) is 18.9 Å². The molecule has 0 spiro atoms. The molecule has 186 valence electrons. The number of ether oxygens (including phenoxy) is 4. The molecule has 0 bridgehead atoms. The predicted octanol–water partition coefficient (Wildman–Crippen LogP) is 6.22. The third-order valence-electron chi connectivity index (χ3n) is 7.69. The van der Waals surface area contributed by atoms with E-state index in [0.717, 1.165) is 47.0 Å². The summed E-state index contributed by atoms with van der Waals surface area (Å²) in [6, 6.07) is 30.7. The predicted molar refractivity (Wildman–Crippen MR) is 144 cm³/mol. The Balaban J connectivity index is 1.53. The maximum Gasteiger partial charge on any atom is 0.124 e. The normalized spacial score (nSPS) is 20.2. The van der Waals surface area contributed by atoms with Gasteiger partial charge in [0.2, 0.25) is 0 Å². The maximum atomic E-state index is 6.52. The van der Waals surface area contributed by atoms with Crippen molar-refractivity contribution in [1.82, 2.24) is 0 Å². The van der Waals surface area contributed by atoms with Gasteiger partial charge in [-0.15, -0.1) is 0 Å². The van der Waals surface area contributed by atoms with Gasteiger partial charge in [0.05, 0.1) is 18.6 Å². The molecule has 1 aliphatic carbocycles. The molecular formula is C33H30O4. The van der Waals surface area contributed by atoms with Gasteiger partial charge in [0.15, 0.2) is 0 Å². The van der Waals surface area contributed by atoms with Gasteiger partial charge in [-0.3, -0.25) is 0 Å². The van der Waals surface area contributed by atoms with E-state index in [-0.39, 0.29) is 12.2 Å². The molecule has 4 nitrogen and oxygen atoms in total. The smallest absolute Gasteiger partial charge is 0.124 e. The summed E-state index contributed by atoms with van der Waals surface area (Å²) >= 11 is 0. The first kappa shape index (κ1) is 22.6. The van der Waals surface area contributed by atoms with Gasteiger partial charge in [-0.2, -0.15) is 0 Å². The second-order valence-corrected chi connectivity index (χ2v) is 10.4. The quantitative estimate of drug-likeness (QED) is 0.242. The van der Waals surface area contributed by atoms with Crippen molar-refractivity contribution in [3.8, 4) is 22.6 Å². The average molecular weight is 491 g/mol. The van der Waals surface area contributed by atoms with E-state index in [1.807, 2.05) is 0 Å². The summed E-state index contributed by atoms with van der Waals surface area (Å²) in [5.74, 6) is 1.78. The summed E-state index contributed by atoms with van der Waals surface area (Å²) in [6.07, 6.45) is 0.341. The fourth-order valence-corrected chi connectivity index (χ4v) is 5.77. The number of hydrogen-bond donors (Lipinski definition) is 0. The van der Waals surface area contributed by atoms with E-state index >= 15 is 0 Å². The molecule has 2 saturated heterocycles. The van der Waals surface area contributed by atoms with Crippen LogP contribution in [0.1, 0.15) is 33.4 Å². The van der Waals surface area contributed by atoms with Gasteiger partial charge < -0.3 is 18.9 Å². The first-order valence-corrected chi connectivity index (χ1v) is 13.0. The molecule has 0 N–H and O–H groups in total. The van der Waals surface area contributed by atoms with E-state index in [9.17, 15) is 0 Å². The second-order valence-electron chi connectivity index (χ2n) is 10.4. The van der Waals surface area contributed by atoms with E-state index in [2.05, 4.69) is 98.8 Å². The highest BCUT2D eigenvalue weighted by molar-refractivity contribution is 5.87. The van der Waals surface area contributed by atoms with Crippen molar-refractivity contribution in [1.29, 1.82) is 0 Å². The van der Waals surface area contributed by atoms with Crippen molar-refractivity contribution >= 4 is 0 Å². The molecular weight excluding hydrogens is 460 g/mol. The van der Waals surface area contributed by atoms with Gasteiger partial charge in [-0.25, -0.2) is 0 Å². The fraction of sp³-hybridized carbons (Fsp3) is 0.273. The Morgan fingerprint density at radius 3 is 1.49 bits per heavy atom. The lowest BCUT2D eigenvalue weighted by Crippen LogP contribution is -2.30. The van der Waals surface area contributed by atoms with Crippen molar-refractivity contribution in [2.45, 2.75) is 31.5 Å². The van der Waals surface area contributed by atoms with Gasteiger partial charge in [0.1, 0.15) is 36.9 Å². The molecule has 7 rings (SSSR count). The molecule has 0 aromatic heterocycles. The van der Waals surface area contributed by atoms with Crippen LogP contribution in [0.2, 0.25) is 0 Å². The van der Waals surface area contributed by atoms with Crippen molar-refractivity contribution in [3.05, 3.63) is 118 Å². The van der Waals surface area contributed by atoms with E-state index < -0.39 is 5.41 Å². The molecule has 2 fully saturated rings. The summed E-state index contributed by atoms with van der Waals surface area (Å²) in [6.45, 7) is 6.85. The molecule has 2 heterocycles. The van der Waals surface area contributed by atoms with Gasteiger partial charge in [0.25, 0.3) is 0 Å². The Bertz CT molecular complexity index is 1370.